The monoisotopic (exact) mass is 448 g/mol. The van der Waals surface area contributed by atoms with Gasteiger partial charge in [-0.2, -0.15) is 13.2 Å². The predicted octanol–water partition coefficient (Wildman–Crippen LogP) is 5.00. The van der Waals surface area contributed by atoms with E-state index in [-0.39, 0.29) is 22.2 Å². The number of anilines is 1. The summed E-state index contributed by atoms with van der Waals surface area (Å²) < 4.78 is 66.0. The number of hydrogen-bond donors (Lipinski definition) is 2. The number of halogens is 3. The topological polar surface area (TPSA) is 75.3 Å². The van der Waals surface area contributed by atoms with Crippen molar-refractivity contribution in [1.29, 1.82) is 0 Å². The van der Waals surface area contributed by atoms with Crippen molar-refractivity contribution in [2.24, 2.45) is 0 Å². The van der Waals surface area contributed by atoms with E-state index in [4.69, 9.17) is 0 Å². The molecule has 0 heterocycles. The molecule has 0 radical (unpaired) electrons. The summed E-state index contributed by atoms with van der Waals surface area (Å²) in [5, 5.41) is 2.79. The normalized spacial score (nSPS) is 12.8. The molecule has 1 amide bonds. The van der Waals surface area contributed by atoms with Crippen molar-refractivity contribution in [2.75, 3.05) is 4.72 Å². The second kappa shape index (κ2) is 8.81. The Bertz CT molecular complexity index is 1180. The summed E-state index contributed by atoms with van der Waals surface area (Å²) >= 11 is 0. The van der Waals surface area contributed by atoms with Crippen LogP contribution in [0, 0.1) is 0 Å². The van der Waals surface area contributed by atoms with Crippen LogP contribution in [0.4, 0.5) is 18.9 Å². The molecule has 3 aromatic rings. The van der Waals surface area contributed by atoms with Crippen molar-refractivity contribution in [2.45, 2.75) is 24.0 Å². The minimum Gasteiger partial charge on any atom is -0.346 e. The highest BCUT2D eigenvalue weighted by Crippen LogP contribution is 2.31. The Morgan fingerprint density at radius 1 is 0.903 bits per heavy atom. The highest BCUT2D eigenvalue weighted by Gasteiger charge is 2.30. The number of amides is 1. The van der Waals surface area contributed by atoms with Gasteiger partial charge in [-0.25, -0.2) is 8.42 Å². The maximum absolute atomic E-state index is 12.9. The molecule has 0 aliphatic rings. The Labute approximate surface area is 178 Å². The highest BCUT2D eigenvalue weighted by molar-refractivity contribution is 7.92. The Morgan fingerprint density at radius 3 is 2.26 bits per heavy atom. The van der Waals surface area contributed by atoms with E-state index >= 15 is 0 Å². The average Bonchev–Trinajstić information content (AvgIpc) is 2.73. The molecule has 0 fully saturated rings. The van der Waals surface area contributed by atoms with Gasteiger partial charge in [0.05, 0.1) is 16.5 Å². The molecule has 0 saturated heterocycles. The minimum absolute atomic E-state index is 0.106. The third kappa shape index (κ3) is 5.64. The lowest BCUT2D eigenvalue weighted by molar-refractivity contribution is -0.137. The van der Waals surface area contributed by atoms with Gasteiger partial charge >= 0.3 is 6.18 Å². The molecule has 1 unspecified atom stereocenters. The van der Waals surface area contributed by atoms with Crippen LogP contribution in [-0.2, 0) is 16.2 Å². The first-order valence-corrected chi connectivity index (χ1v) is 10.7. The summed E-state index contributed by atoms with van der Waals surface area (Å²) in [6, 6.07) is 18.1. The number of alkyl halides is 3. The Balaban J connectivity index is 1.79. The van der Waals surface area contributed by atoms with Gasteiger partial charge in [-0.3, -0.25) is 9.52 Å². The molecule has 9 heteroatoms. The van der Waals surface area contributed by atoms with Crippen molar-refractivity contribution in [3.63, 3.8) is 0 Å². The van der Waals surface area contributed by atoms with Crippen LogP contribution in [0.2, 0.25) is 0 Å². The number of benzene rings is 3. The second-order valence-electron chi connectivity index (χ2n) is 6.82. The fourth-order valence-corrected chi connectivity index (χ4v) is 3.98. The van der Waals surface area contributed by atoms with E-state index in [1.54, 1.807) is 6.92 Å². The zero-order valence-corrected chi connectivity index (χ0v) is 17.2. The van der Waals surface area contributed by atoms with Crippen LogP contribution >= 0.6 is 0 Å². The zero-order valence-electron chi connectivity index (χ0n) is 16.3. The SMILES string of the molecule is CC(NC(=O)c1cccc(S(=O)(=O)Nc2cccc(C(F)(F)F)c2)c1)c1ccccc1. The third-order valence-electron chi connectivity index (χ3n) is 4.50. The van der Waals surface area contributed by atoms with Gasteiger partial charge < -0.3 is 5.32 Å². The molecule has 0 aromatic heterocycles. The van der Waals surface area contributed by atoms with Crippen molar-refractivity contribution < 1.29 is 26.4 Å². The molecule has 3 rings (SSSR count). The summed E-state index contributed by atoms with van der Waals surface area (Å²) in [6.45, 7) is 1.79. The fraction of sp³-hybridized carbons (Fsp3) is 0.136. The predicted molar refractivity (Wildman–Crippen MR) is 111 cm³/mol. The number of rotatable bonds is 6. The van der Waals surface area contributed by atoms with Gasteiger partial charge in [-0.1, -0.05) is 42.5 Å². The van der Waals surface area contributed by atoms with Gasteiger partial charge in [0.15, 0.2) is 0 Å². The number of hydrogen-bond acceptors (Lipinski definition) is 3. The van der Waals surface area contributed by atoms with Gasteiger partial charge in [-0.15, -0.1) is 0 Å². The van der Waals surface area contributed by atoms with E-state index < -0.39 is 27.7 Å². The summed E-state index contributed by atoms with van der Waals surface area (Å²) in [6.07, 6.45) is -4.60. The first kappa shape index (κ1) is 22.4. The van der Waals surface area contributed by atoms with Crippen LogP contribution in [0.25, 0.3) is 0 Å². The molecule has 0 aliphatic carbocycles. The number of carbonyl (C=O) groups excluding carboxylic acids is 1. The highest BCUT2D eigenvalue weighted by atomic mass is 32.2. The van der Waals surface area contributed by atoms with Gasteiger partial charge in [0.1, 0.15) is 0 Å². The molecular formula is C22H19F3N2O3S. The average molecular weight is 448 g/mol. The smallest absolute Gasteiger partial charge is 0.346 e. The van der Waals surface area contributed by atoms with Crippen molar-refractivity contribution in [3.05, 3.63) is 95.6 Å². The molecule has 2 N–H and O–H groups in total. The molecule has 31 heavy (non-hydrogen) atoms. The van der Waals surface area contributed by atoms with Crippen LogP contribution in [-0.4, -0.2) is 14.3 Å². The molecule has 0 saturated carbocycles. The first-order chi connectivity index (χ1) is 14.6. The van der Waals surface area contributed by atoms with Crippen molar-refractivity contribution in [1.82, 2.24) is 5.32 Å². The van der Waals surface area contributed by atoms with Gasteiger partial charge in [-0.05, 0) is 48.9 Å². The fourth-order valence-electron chi connectivity index (χ4n) is 2.88. The summed E-state index contributed by atoms with van der Waals surface area (Å²) in [7, 11) is -4.21. The number of nitrogens with one attached hydrogen (secondary N) is 2. The summed E-state index contributed by atoms with van der Waals surface area (Å²) in [5.41, 5.74) is -0.223. The molecule has 0 spiro atoms. The van der Waals surface area contributed by atoms with Crippen LogP contribution in [0.3, 0.4) is 0 Å². The Kier molecular flexibility index (Phi) is 6.35. The summed E-state index contributed by atoms with van der Waals surface area (Å²) in [4.78, 5) is 12.3. The van der Waals surface area contributed by atoms with Crippen molar-refractivity contribution >= 4 is 21.6 Å². The molecular weight excluding hydrogens is 429 g/mol. The zero-order chi connectivity index (χ0) is 22.6. The van der Waals surface area contributed by atoms with E-state index in [2.05, 4.69) is 10.0 Å². The third-order valence-corrected chi connectivity index (χ3v) is 5.87. The Hall–Kier alpha value is -3.33. The van der Waals surface area contributed by atoms with Crippen molar-refractivity contribution in [3.8, 4) is 0 Å². The maximum atomic E-state index is 12.9. The molecule has 162 valence electrons. The molecule has 5 nitrogen and oxygen atoms in total. The molecule has 1 atom stereocenters. The lowest BCUT2D eigenvalue weighted by atomic mass is 10.1. The Morgan fingerprint density at radius 2 is 1.58 bits per heavy atom. The minimum atomic E-state index is -4.60. The quantitative estimate of drug-likeness (QED) is 0.558. The molecule has 3 aromatic carbocycles. The van der Waals surface area contributed by atoms with Gasteiger partial charge in [0, 0.05) is 11.3 Å². The molecule has 0 aliphatic heterocycles. The van der Waals surface area contributed by atoms with E-state index in [0.717, 1.165) is 17.7 Å². The van der Waals surface area contributed by atoms with E-state index in [9.17, 15) is 26.4 Å². The van der Waals surface area contributed by atoms with Crippen LogP contribution in [0.1, 0.15) is 34.5 Å². The number of sulfonamides is 1. The summed E-state index contributed by atoms with van der Waals surface area (Å²) in [5.74, 6) is -0.479. The van der Waals surface area contributed by atoms with E-state index in [1.807, 2.05) is 30.3 Å². The largest absolute Gasteiger partial charge is 0.416 e. The van der Waals surface area contributed by atoms with Crippen LogP contribution in [0.15, 0.2) is 83.8 Å². The molecule has 0 bridgehead atoms. The second-order valence-corrected chi connectivity index (χ2v) is 8.50. The van der Waals surface area contributed by atoms with Crippen LogP contribution < -0.4 is 10.0 Å². The standard InChI is InChI=1S/C22H19F3N2O3S/c1-15(16-7-3-2-4-8-16)26-21(28)17-9-5-12-20(13-17)31(29,30)27-19-11-6-10-18(14-19)22(23,24)25/h2-15,27H,1H3,(H,26,28). The lowest BCUT2D eigenvalue weighted by Gasteiger charge is -2.15. The van der Waals surface area contributed by atoms with E-state index in [1.165, 1.54) is 30.3 Å². The number of carbonyl (C=O) groups is 1. The lowest BCUT2D eigenvalue weighted by Crippen LogP contribution is -2.27. The first-order valence-electron chi connectivity index (χ1n) is 9.22. The van der Waals surface area contributed by atoms with Gasteiger partial charge in [0.25, 0.3) is 15.9 Å². The van der Waals surface area contributed by atoms with Gasteiger partial charge in [0.2, 0.25) is 0 Å². The van der Waals surface area contributed by atoms with Crippen LogP contribution in [0.5, 0.6) is 0 Å². The maximum Gasteiger partial charge on any atom is 0.416 e. The van der Waals surface area contributed by atoms with E-state index in [0.29, 0.717) is 6.07 Å².